The summed E-state index contributed by atoms with van der Waals surface area (Å²) in [5.41, 5.74) is 6.15. The SMILES string of the molecule is Cc1ccc(COc2c(Br)cc(/C=N\NC(=O)c3cc4cc(Br)cc(Br)c4o3)cc2Br)cc1. The lowest BCUT2D eigenvalue weighted by molar-refractivity contribution is 0.0929. The Morgan fingerprint density at radius 2 is 1.70 bits per heavy atom. The summed E-state index contributed by atoms with van der Waals surface area (Å²) in [6.07, 6.45) is 1.55. The molecule has 1 aromatic heterocycles. The van der Waals surface area contributed by atoms with Gasteiger partial charge in [0, 0.05) is 9.86 Å². The number of nitrogens with zero attached hydrogens (tertiary/aromatic N) is 1. The van der Waals surface area contributed by atoms with Gasteiger partial charge < -0.3 is 9.15 Å². The Bertz CT molecular complexity index is 1340. The van der Waals surface area contributed by atoms with E-state index >= 15 is 0 Å². The number of halogens is 4. The molecule has 0 atom stereocenters. The number of amides is 1. The van der Waals surface area contributed by atoms with Crippen LogP contribution in [0.2, 0.25) is 0 Å². The number of benzene rings is 3. The molecule has 0 bridgehead atoms. The van der Waals surface area contributed by atoms with Gasteiger partial charge in [-0.05, 0) is 96.2 Å². The minimum Gasteiger partial charge on any atom is -0.487 e. The summed E-state index contributed by atoms with van der Waals surface area (Å²) >= 11 is 14.0. The summed E-state index contributed by atoms with van der Waals surface area (Å²) < 4.78 is 14.8. The molecule has 3 aromatic carbocycles. The first-order valence-corrected chi connectivity index (χ1v) is 12.9. The van der Waals surface area contributed by atoms with Crippen LogP contribution in [0.4, 0.5) is 0 Å². The van der Waals surface area contributed by atoms with Crippen LogP contribution in [0.1, 0.15) is 27.2 Å². The van der Waals surface area contributed by atoms with Gasteiger partial charge in [0.25, 0.3) is 0 Å². The highest BCUT2D eigenvalue weighted by atomic mass is 79.9. The fourth-order valence-electron chi connectivity index (χ4n) is 3.04. The van der Waals surface area contributed by atoms with Crippen LogP contribution in [0.3, 0.4) is 0 Å². The standard InChI is InChI=1S/C24H16Br4N2O3/c1-13-2-4-14(5-3-13)12-32-23-18(26)6-15(7-19(23)27)11-29-30-24(31)21-9-16-8-17(25)10-20(28)22(16)33-21/h2-11H,12H2,1H3,(H,30,31)/b29-11-. The normalized spacial score (nSPS) is 11.3. The molecule has 0 spiro atoms. The molecule has 0 aliphatic rings. The second-order valence-corrected chi connectivity index (χ2v) is 10.7. The van der Waals surface area contributed by atoms with Crippen molar-refractivity contribution >= 4 is 86.8 Å². The molecule has 0 radical (unpaired) electrons. The molecule has 1 N–H and O–H groups in total. The topological polar surface area (TPSA) is 63.8 Å². The van der Waals surface area contributed by atoms with E-state index in [-0.39, 0.29) is 5.76 Å². The van der Waals surface area contributed by atoms with Gasteiger partial charge in [-0.3, -0.25) is 4.79 Å². The molecule has 33 heavy (non-hydrogen) atoms. The largest absolute Gasteiger partial charge is 0.487 e. The maximum Gasteiger partial charge on any atom is 0.307 e. The predicted octanol–water partition coefficient (Wildman–Crippen LogP) is 8.13. The van der Waals surface area contributed by atoms with E-state index in [1.807, 2.05) is 36.4 Å². The van der Waals surface area contributed by atoms with Gasteiger partial charge in [-0.1, -0.05) is 45.8 Å². The van der Waals surface area contributed by atoms with E-state index in [4.69, 9.17) is 9.15 Å². The Hall–Kier alpha value is -1.94. The van der Waals surface area contributed by atoms with Gasteiger partial charge in [-0.2, -0.15) is 5.10 Å². The van der Waals surface area contributed by atoms with E-state index in [1.54, 1.807) is 12.3 Å². The zero-order chi connectivity index (χ0) is 23.5. The summed E-state index contributed by atoms with van der Waals surface area (Å²) in [7, 11) is 0. The van der Waals surface area contributed by atoms with Crippen molar-refractivity contribution in [3.8, 4) is 5.75 Å². The van der Waals surface area contributed by atoms with Crippen molar-refractivity contribution in [1.29, 1.82) is 0 Å². The molecule has 0 aliphatic carbocycles. The lowest BCUT2D eigenvalue weighted by atomic mass is 10.2. The molecule has 1 heterocycles. The van der Waals surface area contributed by atoms with Crippen molar-refractivity contribution in [1.82, 2.24) is 5.43 Å². The van der Waals surface area contributed by atoms with Gasteiger partial charge in [0.2, 0.25) is 0 Å². The molecule has 0 saturated heterocycles. The van der Waals surface area contributed by atoms with Crippen LogP contribution in [0.15, 0.2) is 82.0 Å². The van der Waals surface area contributed by atoms with Crippen molar-refractivity contribution in [2.75, 3.05) is 0 Å². The van der Waals surface area contributed by atoms with Crippen LogP contribution < -0.4 is 10.2 Å². The molecule has 4 rings (SSSR count). The van der Waals surface area contributed by atoms with E-state index in [1.165, 1.54) is 5.56 Å². The third kappa shape index (κ3) is 5.95. The average molecular weight is 700 g/mol. The monoisotopic (exact) mass is 696 g/mol. The minimum atomic E-state index is -0.443. The third-order valence-electron chi connectivity index (χ3n) is 4.66. The van der Waals surface area contributed by atoms with E-state index < -0.39 is 5.91 Å². The number of hydrogen-bond acceptors (Lipinski definition) is 4. The van der Waals surface area contributed by atoms with Crippen molar-refractivity contribution in [3.63, 3.8) is 0 Å². The number of carbonyl (C=O) groups excluding carboxylic acids is 1. The number of fused-ring (bicyclic) bond motifs is 1. The smallest absolute Gasteiger partial charge is 0.307 e. The summed E-state index contributed by atoms with van der Waals surface area (Å²) in [6.45, 7) is 2.50. The van der Waals surface area contributed by atoms with Crippen molar-refractivity contribution in [3.05, 3.63) is 94.9 Å². The van der Waals surface area contributed by atoms with Gasteiger partial charge >= 0.3 is 5.91 Å². The van der Waals surface area contributed by atoms with Crippen LogP contribution in [-0.4, -0.2) is 12.1 Å². The van der Waals surface area contributed by atoms with Crippen molar-refractivity contribution in [2.45, 2.75) is 13.5 Å². The van der Waals surface area contributed by atoms with Gasteiger partial charge in [-0.15, -0.1) is 0 Å². The summed E-state index contributed by atoms with van der Waals surface area (Å²) in [5, 5.41) is 4.86. The highest BCUT2D eigenvalue weighted by Gasteiger charge is 2.14. The maximum atomic E-state index is 12.4. The highest BCUT2D eigenvalue weighted by Crippen LogP contribution is 2.35. The molecular weight excluding hydrogens is 684 g/mol. The fraction of sp³-hybridized carbons (Fsp3) is 0.0833. The highest BCUT2D eigenvalue weighted by molar-refractivity contribution is 9.11. The first-order chi connectivity index (χ1) is 15.8. The number of furan rings is 1. The van der Waals surface area contributed by atoms with E-state index in [0.717, 1.165) is 34.4 Å². The molecule has 168 valence electrons. The lowest BCUT2D eigenvalue weighted by Gasteiger charge is -2.11. The quantitative estimate of drug-likeness (QED) is 0.163. The molecule has 4 aromatic rings. The number of aryl methyl sites for hydroxylation is 1. The van der Waals surface area contributed by atoms with Crippen LogP contribution in [-0.2, 0) is 6.61 Å². The zero-order valence-electron chi connectivity index (χ0n) is 17.2. The van der Waals surface area contributed by atoms with Crippen LogP contribution >= 0.6 is 63.7 Å². The molecular formula is C24H16Br4N2O3. The average Bonchev–Trinajstić information content (AvgIpc) is 3.19. The molecule has 9 heteroatoms. The first-order valence-electron chi connectivity index (χ1n) is 9.69. The molecule has 0 unspecified atom stereocenters. The molecule has 1 amide bonds. The van der Waals surface area contributed by atoms with E-state index in [0.29, 0.717) is 17.9 Å². The summed E-state index contributed by atoms with van der Waals surface area (Å²) in [4.78, 5) is 12.4. The Labute approximate surface area is 224 Å². The summed E-state index contributed by atoms with van der Waals surface area (Å²) in [5.74, 6) is 0.417. The molecule has 5 nitrogen and oxygen atoms in total. The Kier molecular flexibility index (Phi) is 7.73. The molecule has 0 aliphatic heterocycles. The second-order valence-electron chi connectivity index (χ2n) is 7.20. The number of nitrogens with one attached hydrogen (secondary N) is 1. The zero-order valence-corrected chi connectivity index (χ0v) is 23.5. The minimum absolute atomic E-state index is 0.170. The Morgan fingerprint density at radius 1 is 1.00 bits per heavy atom. The number of ether oxygens (including phenoxy) is 1. The first kappa shape index (κ1) is 24.2. The van der Waals surface area contributed by atoms with Gasteiger partial charge in [0.1, 0.15) is 17.9 Å². The summed E-state index contributed by atoms with van der Waals surface area (Å²) in [6, 6.07) is 17.3. The van der Waals surface area contributed by atoms with E-state index in [9.17, 15) is 4.79 Å². The predicted molar refractivity (Wildman–Crippen MR) is 144 cm³/mol. The fourth-order valence-corrected chi connectivity index (χ4v) is 5.83. The Morgan fingerprint density at radius 3 is 2.39 bits per heavy atom. The number of hydrazone groups is 1. The Balaban J connectivity index is 1.42. The van der Waals surface area contributed by atoms with Gasteiger partial charge in [0.05, 0.1) is 19.6 Å². The number of carbonyl (C=O) groups is 1. The maximum absolute atomic E-state index is 12.4. The number of hydrogen-bond donors (Lipinski definition) is 1. The number of rotatable bonds is 6. The van der Waals surface area contributed by atoms with Crippen LogP contribution in [0.25, 0.3) is 11.0 Å². The van der Waals surface area contributed by atoms with Gasteiger partial charge in [0.15, 0.2) is 5.76 Å². The van der Waals surface area contributed by atoms with Gasteiger partial charge in [-0.25, -0.2) is 5.43 Å². The van der Waals surface area contributed by atoms with Crippen LogP contribution in [0, 0.1) is 6.92 Å². The third-order valence-corrected chi connectivity index (χ3v) is 6.89. The molecule has 0 saturated carbocycles. The lowest BCUT2D eigenvalue weighted by Crippen LogP contribution is -2.16. The second kappa shape index (κ2) is 10.5. The van der Waals surface area contributed by atoms with Crippen molar-refractivity contribution < 1.29 is 13.9 Å². The van der Waals surface area contributed by atoms with E-state index in [2.05, 4.69) is 93.3 Å². The molecule has 0 fully saturated rings. The van der Waals surface area contributed by atoms with Crippen LogP contribution in [0.5, 0.6) is 5.75 Å². The van der Waals surface area contributed by atoms with Crippen molar-refractivity contribution in [2.24, 2.45) is 5.10 Å².